The molecule has 3 aromatic heterocycles. The first-order valence-electron chi connectivity index (χ1n) is 10.0. The number of anilines is 1. The highest BCUT2D eigenvalue weighted by atomic mass is 79.9. The van der Waals surface area contributed by atoms with Crippen LogP contribution in [0.4, 0.5) is 19.0 Å². The van der Waals surface area contributed by atoms with E-state index in [0.29, 0.717) is 44.1 Å². The number of benzene rings is 1. The van der Waals surface area contributed by atoms with Crippen LogP contribution >= 0.6 is 27.5 Å². The van der Waals surface area contributed by atoms with Crippen LogP contribution in [0.3, 0.4) is 0 Å². The summed E-state index contributed by atoms with van der Waals surface area (Å²) in [5, 5.41) is 22.5. The Morgan fingerprint density at radius 2 is 2.08 bits per heavy atom. The number of aromatic amines is 1. The molecule has 0 saturated heterocycles. The summed E-state index contributed by atoms with van der Waals surface area (Å²) in [5.41, 5.74) is 7.82. The summed E-state index contributed by atoms with van der Waals surface area (Å²) in [6.45, 7) is 4.13. The van der Waals surface area contributed by atoms with Gasteiger partial charge in [-0.1, -0.05) is 11.6 Å². The number of alkyl halides is 3. The Balaban J connectivity index is 0.000000454. The molecule has 1 unspecified atom stereocenters. The van der Waals surface area contributed by atoms with Crippen LogP contribution in [0.5, 0.6) is 5.75 Å². The first-order chi connectivity index (χ1) is 16.9. The van der Waals surface area contributed by atoms with Gasteiger partial charge in [-0.15, -0.1) is 5.10 Å². The highest BCUT2D eigenvalue weighted by Gasteiger charge is 2.38. The van der Waals surface area contributed by atoms with Crippen LogP contribution in [0.1, 0.15) is 35.8 Å². The number of nitrogen functional groups attached to an aromatic ring is 1. The lowest BCUT2D eigenvalue weighted by atomic mass is 10.0. The van der Waals surface area contributed by atoms with Gasteiger partial charge in [-0.2, -0.15) is 18.3 Å². The minimum atomic E-state index is -5.08. The number of nitrogens with two attached hydrogens (primary N) is 1. The Hall–Kier alpha value is -3.59. The van der Waals surface area contributed by atoms with Gasteiger partial charge in [0.1, 0.15) is 15.7 Å². The number of ether oxygens (including phenoxy) is 1. The first-order valence-corrected chi connectivity index (χ1v) is 11.2. The second-order valence-electron chi connectivity index (χ2n) is 7.12. The van der Waals surface area contributed by atoms with Crippen molar-refractivity contribution in [2.45, 2.75) is 26.1 Å². The fourth-order valence-electron chi connectivity index (χ4n) is 3.20. The number of hydrogen-bond acceptors (Lipinski definition) is 7. The Morgan fingerprint density at radius 3 is 2.69 bits per heavy atom. The van der Waals surface area contributed by atoms with E-state index in [1.54, 1.807) is 24.5 Å². The molecule has 4 rings (SSSR count). The van der Waals surface area contributed by atoms with Gasteiger partial charge in [0.15, 0.2) is 17.2 Å². The maximum atomic E-state index is 13.0. The van der Waals surface area contributed by atoms with Gasteiger partial charge in [0.05, 0.1) is 23.1 Å². The summed E-state index contributed by atoms with van der Waals surface area (Å²) in [6, 6.07) is 3.02. The van der Waals surface area contributed by atoms with Gasteiger partial charge < -0.3 is 20.9 Å². The predicted molar refractivity (Wildman–Crippen MR) is 127 cm³/mol. The van der Waals surface area contributed by atoms with Crippen LogP contribution in [-0.2, 0) is 4.79 Å². The SMILES string of the molecule is CCOc1c(C(C)NC(=O)c2c(N)nn3cccnc23)cc(Cl)c2c(Br)[nH]nc12.O=C(O)C(F)(F)F. The van der Waals surface area contributed by atoms with Crippen LogP contribution < -0.4 is 15.8 Å². The lowest BCUT2D eigenvalue weighted by Crippen LogP contribution is -2.27. The Labute approximate surface area is 213 Å². The molecule has 1 amide bonds. The summed E-state index contributed by atoms with van der Waals surface area (Å²) >= 11 is 9.87. The second-order valence-corrected chi connectivity index (χ2v) is 8.32. The molecule has 3 heterocycles. The summed E-state index contributed by atoms with van der Waals surface area (Å²) < 4.78 is 39.7. The average molecular weight is 593 g/mol. The largest absolute Gasteiger partial charge is 0.491 e. The standard InChI is InChI=1S/C18H17BrClN7O2.C2HF3O2/c1-3-29-14-9(7-10(20)11-13(14)24-25-15(11)19)8(2)23-18(28)12-16(21)26-27-6-4-5-22-17(12)27;3-2(4,5)1(6)7/h4-8H,3H2,1-2H3,(H2,21,26)(H,23,28)(H,24,25);(H,6,7). The zero-order valence-corrected chi connectivity index (χ0v) is 20.9. The minimum absolute atomic E-state index is 0.100. The van der Waals surface area contributed by atoms with E-state index in [2.05, 4.69) is 41.5 Å². The van der Waals surface area contributed by atoms with E-state index >= 15 is 0 Å². The molecule has 0 bridgehead atoms. The van der Waals surface area contributed by atoms with Crippen LogP contribution in [-0.4, -0.2) is 54.6 Å². The van der Waals surface area contributed by atoms with E-state index in [0.717, 1.165) is 0 Å². The molecule has 16 heteroatoms. The molecule has 0 aliphatic carbocycles. The molecule has 0 aliphatic rings. The van der Waals surface area contributed by atoms with Gasteiger partial charge in [0.2, 0.25) is 0 Å². The molecule has 1 aromatic carbocycles. The van der Waals surface area contributed by atoms with E-state index in [1.165, 1.54) is 4.52 Å². The third kappa shape index (κ3) is 5.46. The maximum Gasteiger partial charge on any atom is 0.490 e. The molecule has 0 fully saturated rings. The Kier molecular flexibility index (Phi) is 7.93. The van der Waals surface area contributed by atoms with Crippen molar-refractivity contribution in [2.75, 3.05) is 12.3 Å². The molecule has 0 saturated carbocycles. The zero-order chi connectivity index (χ0) is 26.8. The number of aromatic nitrogens is 5. The third-order valence-electron chi connectivity index (χ3n) is 4.72. The summed E-state index contributed by atoms with van der Waals surface area (Å²) in [6.07, 6.45) is -1.83. The summed E-state index contributed by atoms with van der Waals surface area (Å²) in [4.78, 5) is 26.1. The monoisotopic (exact) mass is 591 g/mol. The van der Waals surface area contributed by atoms with Crippen LogP contribution in [0.2, 0.25) is 5.02 Å². The number of carbonyl (C=O) groups excluding carboxylic acids is 1. The van der Waals surface area contributed by atoms with Crippen molar-refractivity contribution >= 4 is 61.8 Å². The highest BCUT2D eigenvalue weighted by Crippen LogP contribution is 2.40. The van der Waals surface area contributed by atoms with Crippen molar-refractivity contribution in [1.82, 2.24) is 30.1 Å². The van der Waals surface area contributed by atoms with Gasteiger partial charge in [0.25, 0.3) is 5.91 Å². The minimum Gasteiger partial charge on any atom is -0.491 e. The number of nitrogens with zero attached hydrogens (tertiary/aromatic N) is 4. The maximum absolute atomic E-state index is 13.0. The summed E-state index contributed by atoms with van der Waals surface area (Å²) in [7, 11) is 0. The van der Waals surface area contributed by atoms with E-state index in [9.17, 15) is 18.0 Å². The van der Waals surface area contributed by atoms with Gasteiger partial charge in [-0.25, -0.2) is 14.3 Å². The average Bonchev–Trinajstić information content (AvgIpc) is 3.34. The van der Waals surface area contributed by atoms with E-state index < -0.39 is 24.1 Å². The number of H-pyrrole nitrogens is 1. The molecule has 0 radical (unpaired) electrons. The van der Waals surface area contributed by atoms with Gasteiger partial charge in [0, 0.05) is 18.0 Å². The molecule has 1 atom stereocenters. The topological polar surface area (TPSA) is 161 Å². The zero-order valence-electron chi connectivity index (χ0n) is 18.5. The predicted octanol–water partition coefficient (Wildman–Crippen LogP) is 4.13. The third-order valence-corrected chi connectivity index (χ3v) is 5.59. The molecule has 0 aliphatic heterocycles. The van der Waals surface area contributed by atoms with E-state index in [4.69, 9.17) is 32.0 Å². The van der Waals surface area contributed by atoms with Crippen molar-refractivity contribution < 1.29 is 32.6 Å². The smallest absolute Gasteiger partial charge is 0.490 e. The molecular weight excluding hydrogens is 575 g/mol. The molecule has 4 aromatic rings. The molecule has 192 valence electrons. The number of carbonyl (C=O) groups is 2. The number of aliphatic carboxylic acids is 1. The van der Waals surface area contributed by atoms with Crippen molar-refractivity contribution in [2.24, 2.45) is 0 Å². The van der Waals surface area contributed by atoms with E-state index in [-0.39, 0.29) is 11.4 Å². The molecule has 36 heavy (non-hydrogen) atoms. The van der Waals surface area contributed by atoms with Gasteiger partial charge >= 0.3 is 12.1 Å². The normalized spacial score (nSPS) is 12.2. The number of hydrogen-bond donors (Lipinski definition) is 4. The van der Waals surface area contributed by atoms with E-state index in [1.807, 2.05) is 13.8 Å². The van der Waals surface area contributed by atoms with Crippen molar-refractivity contribution in [3.05, 3.63) is 45.3 Å². The Morgan fingerprint density at radius 1 is 1.42 bits per heavy atom. The number of nitrogens with one attached hydrogen (secondary N) is 2. The lowest BCUT2D eigenvalue weighted by molar-refractivity contribution is -0.192. The number of carboxylic acid groups (broad SMARTS) is 1. The fraction of sp³-hybridized carbons (Fsp3) is 0.250. The number of amides is 1. The van der Waals surface area contributed by atoms with Gasteiger partial charge in [-0.3, -0.25) is 9.89 Å². The molecule has 5 N–H and O–H groups in total. The highest BCUT2D eigenvalue weighted by molar-refractivity contribution is 9.10. The number of halogens is 5. The number of fused-ring (bicyclic) bond motifs is 2. The lowest BCUT2D eigenvalue weighted by Gasteiger charge is -2.19. The van der Waals surface area contributed by atoms with Crippen LogP contribution in [0.25, 0.3) is 16.6 Å². The van der Waals surface area contributed by atoms with Gasteiger partial charge in [-0.05, 0) is 41.9 Å². The van der Waals surface area contributed by atoms with Crippen LogP contribution in [0, 0.1) is 0 Å². The summed E-state index contributed by atoms with van der Waals surface area (Å²) in [5.74, 6) is -2.51. The fourth-order valence-corrected chi connectivity index (χ4v) is 4.11. The quantitative estimate of drug-likeness (QED) is 0.269. The molecular formula is C20H18BrClF3N7O4. The second kappa shape index (κ2) is 10.6. The molecule has 0 spiro atoms. The number of rotatable bonds is 5. The van der Waals surface area contributed by atoms with Crippen molar-refractivity contribution in [3.8, 4) is 5.75 Å². The molecule has 11 nitrogen and oxygen atoms in total. The Bertz CT molecular complexity index is 1440. The first kappa shape index (κ1) is 27.0. The van der Waals surface area contributed by atoms with Crippen LogP contribution in [0.15, 0.2) is 29.1 Å². The number of carboxylic acids is 1. The van der Waals surface area contributed by atoms with Crippen molar-refractivity contribution in [1.29, 1.82) is 0 Å². The van der Waals surface area contributed by atoms with Crippen molar-refractivity contribution in [3.63, 3.8) is 0 Å².